The van der Waals surface area contributed by atoms with E-state index in [9.17, 15) is 4.79 Å². The average Bonchev–Trinajstić information content (AvgIpc) is 2.27. The summed E-state index contributed by atoms with van der Waals surface area (Å²) in [5, 5.41) is 12.3. The van der Waals surface area contributed by atoms with Crippen LogP contribution in [0.5, 0.6) is 0 Å². The van der Waals surface area contributed by atoms with E-state index in [1.807, 2.05) is 13.8 Å². The number of ether oxygens (including phenoxy) is 1. The molecule has 2 N–H and O–H groups in total. The Morgan fingerprint density at radius 3 is 2.88 bits per heavy atom. The van der Waals surface area contributed by atoms with Crippen molar-refractivity contribution in [3.8, 4) is 0 Å². The van der Waals surface area contributed by atoms with E-state index in [0.29, 0.717) is 19.6 Å². The number of carbonyl (C=O) groups is 1. The molecule has 1 aliphatic heterocycles. The fraction of sp³-hybridized carbons (Fsp3) is 0.917. The molecule has 0 radical (unpaired) electrons. The van der Waals surface area contributed by atoms with Crippen molar-refractivity contribution in [3.05, 3.63) is 0 Å². The second-order valence-electron chi connectivity index (χ2n) is 5.13. The predicted octanol–water partition coefficient (Wildman–Crippen LogP) is -0.0157. The van der Waals surface area contributed by atoms with Crippen molar-refractivity contribution < 1.29 is 14.6 Å². The van der Waals surface area contributed by atoms with Gasteiger partial charge in [0, 0.05) is 13.1 Å². The first-order valence-corrected chi connectivity index (χ1v) is 6.25. The van der Waals surface area contributed by atoms with E-state index in [0.717, 1.165) is 13.0 Å². The number of carbonyl (C=O) groups excluding carboxylic acids is 1. The van der Waals surface area contributed by atoms with Crippen LogP contribution < -0.4 is 5.32 Å². The summed E-state index contributed by atoms with van der Waals surface area (Å²) in [7, 11) is 0. The van der Waals surface area contributed by atoms with Crippen LogP contribution in [-0.2, 0) is 9.53 Å². The van der Waals surface area contributed by atoms with E-state index in [4.69, 9.17) is 9.84 Å². The largest absolute Gasteiger partial charge is 0.394 e. The molecule has 0 aromatic heterocycles. The van der Waals surface area contributed by atoms with Crippen molar-refractivity contribution >= 4 is 5.91 Å². The normalized spacial score (nSPS) is 23.8. The molecule has 0 aliphatic carbocycles. The molecule has 17 heavy (non-hydrogen) atoms. The molecule has 1 atom stereocenters. The van der Waals surface area contributed by atoms with Crippen molar-refractivity contribution in [2.45, 2.75) is 38.9 Å². The molecule has 0 saturated carbocycles. The lowest BCUT2D eigenvalue weighted by Gasteiger charge is -2.42. The van der Waals surface area contributed by atoms with Gasteiger partial charge in [-0.1, -0.05) is 6.92 Å². The Morgan fingerprint density at radius 1 is 1.59 bits per heavy atom. The summed E-state index contributed by atoms with van der Waals surface area (Å²) < 4.78 is 5.66. The third-order valence-electron chi connectivity index (χ3n) is 2.74. The second-order valence-corrected chi connectivity index (χ2v) is 5.13. The number of nitrogens with zero attached hydrogens (tertiary/aromatic N) is 1. The molecule has 1 fully saturated rings. The first kappa shape index (κ1) is 14.4. The van der Waals surface area contributed by atoms with E-state index in [-0.39, 0.29) is 24.2 Å². The Hall–Kier alpha value is -0.650. The Morgan fingerprint density at radius 2 is 2.29 bits per heavy atom. The standard InChI is InChI=1S/C12H24N2O3/c1-4-5-13-6-11(16)14-7-10(8-15)17-12(2,3)9-14/h10,13,15H,4-9H2,1-3H3. The molecule has 1 heterocycles. The minimum absolute atomic E-state index is 0.0460. The van der Waals surface area contributed by atoms with E-state index >= 15 is 0 Å². The van der Waals surface area contributed by atoms with Crippen LogP contribution in [0.25, 0.3) is 0 Å². The number of nitrogens with one attached hydrogen (secondary N) is 1. The number of hydrogen-bond donors (Lipinski definition) is 2. The first-order chi connectivity index (χ1) is 7.98. The van der Waals surface area contributed by atoms with Gasteiger partial charge < -0.3 is 20.1 Å². The molecule has 0 spiro atoms. The maximum Gasteiger partial charge on any atom is 0.236 e. The molecular weight excluding hydrogens is 220 g/mol. The zero-order chi connectivity index (χ0) is 12.9. The lowest BCUT2D eigenvalue weighted by Crippen LogP contribution is -2.56. The quantitative estimate of drug-likeness (QED) is 0.668. The summed E-state index contributed by atoms with van der Waals surface area (Å²) in [6.07, 6.45) is 0.745. The summed E-state index contributed by atoms with van der Waals surface area (Å²) in [5.41, 5.74) is -0.383. The van der Waals surface area contributed by atoms with Gasteiger partial charge in [-0.15, -0.1) is 0 Å². The molecular formula is C12H24N2O3. The van der Waals surface area contributed by atoms with Gasteiger partial charge in [0.15, 0.2) is 0 Å². The van der Waals surface area contributed by atoms with Crippen molar-refractivity contribution in [1.29, 1.82) is 0 Å². The monoisotopic (exact) mass is 244 g/mol. The highest BCUT2D eigenvalue weighted by Gasteiger charge is 2.34. The highest BCUT2D eigenvalue weighted by molar-refractivity contribution is 5.78. The van der Waals surface area contributed by atoms with Crippen molar-refractivity contribution in [2.24, 2.45) is 0 Å². The number of rotatable bonds is 5. The number of hydrogen-bond acceptors (Lipinski definition) is 4. The highest BCUT2D eigenvalue weighted by Crippen LogP contribution is 2.20. The van der Waals surface area contributed by atoms with Gasteiger partial charge in [0.1, 0.15) is 0 Å². The summed E-state index contributed by atoms with van der Waals surface area (Å²) in [4.78, 5) is 13.7. The minimum atomic E-state index is -0.383. The van der Waals surface area contributed by atoms with Gasteiger partial charge >= 0.3 is 0 Å². The summed E-state index contributed by atoms with van der Waals surface area (Å²) in [6, 6.07) is 0. The van der Waals surface area contributed by atoms with Crippen LogP contribution in [-0.4, -0.2) is 60.4 Å². The van der Waals surface area contributed by atoms with Crippen LogP contribution >= 0.6 is 0 Å². The average molecular weight is 244 g/mol. The molecule has 1 amide bonds. The smallest absolute Gasteiger partial charge is 0.236 e. The number of amides is 1. The van der Waals surface area contributed by atoms with Gasteiger partial charge in [0.05, 0.1) is 24.9 Å². The Bertz CT molecular complexity index is 256. The Kier molecular flexibility index (Phi) is 5.36. The molecule has 1 saturated heterocycles. The maximum absolute atomic E-state index is 11.9. The lowest BCUT2D eigenvalue weighted by atomic mass is 10.1. The van der Waals surface area contributed by atoms with Crippen LogP contribution in [0.2, 0.25) is 0 Å². The Labute approximate surface area is 103 Å². The summed E-state index contributed by atoms with van der Waals surface area (Å²) in [6.45, 7) is 8.17. The zero-order valence-electron chi connectivity index (χ0n) is 11.0. The van der Waals surface area contributed by atoms with E-state index in [1.165, 1.54) is 0 Å². The van der Waals surface area contributed by atoms with Crippen molar-refractivity contribution in [2.75, 3.05) is 32.8 Å². The van der Waals surface area contributed by atoms with E-state index in [1.54, 1.807) is 4.90 Å². The van der Waals surface area contributed by atoms with Crippen molar-refractivity contribution in [3.63, 3.8) is 0 Å². The molecule has 1 rings (SSSR count). The third kappa shape index (κ3) is 4.61. The second kappa shape index (κ2) is 6.33. The van der Waals surface area contributed by atoms with Crippen LogP contribution in [0.15, 0.2) is 0 Å². The SMILES string of the molecule is CCCNCC(=O)N1CC(CO)OC(C)(C)C1. The fourth-order valence-corrected chi connectivity index (χ4v) is 2.06. The van der Waals surface area contributed by atoms with Gasteiger partial charge in [-0.05, 0) is 26.8 Å². The van der Waals surface area contributed by atoms with Crippen LogP contribution in [0.4, 0.5) is 0 Å². The Balaban J connectivity index is 2.48. The van der Waals surface area contributed by atoms with Crippen molar-refractivity contribution in [1.82, 2.24) is 10.2 Å². The molecule has 0 bridgehead atoms. The van der Waals surface area contributed by atoms with Gasteiger partial charge in [0.25, 0.3) is 0 Å². The number of aliphatic hydroxyl groups is 1. The number of morpholine rings is 1. The predicted molar refractivity (Wildman–Crippen MR) is 65.8 cm³/mol. The zero-order valence-corrected chi connectivity index (χ0v) is 11.0. The van der Waals surface area contributed by atoms with Gasteiger partial charge in [-0.2, -0.15) is 0 Å². The van der Waals surface area contributed by atoms with E-state index in [2.05, 4.69) is 12.2 Å². The fourth-order valence-electron chi connectivity index (χ4n) is 2.06. The highest BCUT2D eigenvalue weighted by atomic mass is 16.5. The molecule has 5 nitrogen and oxygen atoms in total. The summed E-state index contributed by atoms with van der Waals surface area (Å²) in [5.74, 6) is 0.0771. The molecule has 1 unspecified atom stereocenters. The number of aliphatic hydroxyl groups excluding tert-OH is 1. The summed E-state index contributed by atoms with van der Waals surface area (Å²) >= 11 is 0. The lowest BCUT2D eigenvalue weighted by molar-refractivity contribution is -0.166. The van der Waals surface area contributed by atoms with Gasteiger partial charge in [0.2, 0.25) is 5.91 Å². The topological polar surface area (TPSA) is 61.8 Å². The van der Waals surface area contributed by atoms with Gasteiger partial charge in [-0.3, -0.25) is 4.79 Å². The third-order valence-corrected chi connectivity index (χ3v) is 2.74. The van der Waals surface area contributed by atoms with Crippen LogP contribution in [0.3, 0.4) is 0 Å². The molecule has 100 valence electrons. The molecule has 5 heteroatoms. The van der Waals surface area contributed by atoms with Gasteiger partial charge in [-0.25, -0.2) is 0 Å². The molecule has 1 aliphatic rings. The minimum Gasteiger partial charge on any atom is -0.394 e. The molecule has 0 aromatic rings. The molecule has 0 aromatic carbocycles. The maximum atomic E-state index is 11.9. The van der Waals surface area contributed by atoms with Crippen LogP contribution in [0, 0.1) is 0 Å². The first-order valence-electron chi connectivity index (χ1n) is 6.25. The van der Waals surface area contributed by atoms with E-state index < -0.39 is 0 Å². The van der Waals surface area contributed by atoms with Crippen LogP contribution in [0.1, 0.15) is 27.2 Å².